The third kappa shape index (κ3) is 4.55. The second-order valence-electron chi connectivity index (χ2n) is 6.04. The van der Waals surface area contributed by atoms with Gasteiger partial charge in [0.2, 0.25) is 0 Å². The Kier molecular flexibility index (Phi) is 6.63. The Morgan fingerprint density at radius 1 is 1.08 bits per heavy atom. The highest BCUT2D eigenvalue weighted by atomic mass is 19.4. The van der Waals surface area contributed by atoms with E-state index in [0.717, 1.165) is 4.90 Å². The van der Waals surface area contributed by atoms with Crippen LogP contribution >= 0.6 is 0 Å². The van der Waals surface area contributed by atoms with Gasteiger partial charge in [0.15, 0.2) is 0 Å². The lowest BCUT2D eigenvalue weighted by atomic mass is 9.90. The average molecular weight is 373 g/mol. The van der Waals surface area contributed by atoms with Gasteiger partial charge < -0.3 is 9.47 Å². The number of esters is 2. The molecule has 0 radical (unpaired) electrons. The molecule has 26 heavy (non-hydrogen) atoms. The molecule has 1 aliphatic rings. The molecule has 1 aromatic carbocycles. The van der Waals surface area contributed by atoms with E-state index in [2.05, 4.69) is 0 Å². The highest BCUT2D eigenvalue weighted by Gasteiger charge is 2.60. The van der Waals surface area contributed by atoms with Crippen LogP contribution in [0.1, 0.15) is 19.4 Å². The molecule has 2 rings (SSSR count). The summed E-state index contributed by atoms with van der Waals surface area (Å²) in [7, 11) is 0. The van der Waals surface area contributed by atoms with E-state index < -0.39 is 36.0 Å². The first kappa shape index (κ1) is 20.2. The SMILES string of the molecule is CCOC(=O)[C@@H]1[C@@H](C(F)(F)F)N(Cc2ccccc2)C[C@H]1C(=O)OCC. The van der Waals surface area contributed by atoms with Crippen LogP contribution in [-0.2, 0) is 25.6 Å². The lowest BCUT2D eigenvalue weighted by Crippen LogP contribution is -2.47. The Balaban J connectivity index is 2.37. The van der Waals surface area contributed by atoms with Gasteiger partial charge in [0, 0.05) is 13.1 Å². The Morgan fingerprint density at radius 3 is 2.19 bits per heavy atom. The average Bonchev–Trinajstić information content (AvgIpc) is 2.96. The van der Waals surface area contributed by atoms with Crippen molar-refractivity contribution >= 4 is 11.9 Å². The lowest BCUT2D eigenvalue weighted by molar-refractivity contribution is -0.196. The Bertz CT molecular complexity index is 621. The molecule has 1 saturated heterocycles. The molecule has 8 heteroatoms. The van der Waals surface area contributed by atoms with Gasteiger partial charge >= 0.3 is 18.1 Å². The van der Waals surface area contributed by atoms with Gasteiger partial charge in [-0.3, -0.25) is 14.5 Å². The summed E-state index contributed by atoms with van der Waals surface area (Å²) >= 11 is 0. The van der Waals surface area contributed by atoms with Crippen molar-refractivity contribution in [2.45, 2.75) is 32.6 Å². The van der Waals surface area contributed by atoms with Crippen molar-refractivity contribution in [3.63, 3.8) is 0 Å². The molecule has 1 heterocycles. The van der Waals surface area contributed by atoms with Crippen molar-refractivity contribution in [1.29, 1.82) is 0 Å². The van der Waals surface area contributed by atoms with E-state index in [-0.39, 0.29) is 26.3 Å². The van der Waals surface area contributed by atoms with E-state index >= 15 is 0 Å². The highest BCUT2D eigenvalue weighted by Crippen LogP contribution is 2.41. The molecule has 144 valence electrons. The van der Waals surface area contributed by atoms with Crippen LogP contribution in [0.2, 0.25) is 0 Å². The van der Waals surface area contributed by atoms with Crippen LogP contribution in [0.15, 0.2) is 30.3 Å². The summed E-state index contributed by atoms with van der Waals surface area (Å²) in [6, 6.07) is 6.50. The number of alkyl halides is 3. The van der Waals surface area contributed by atoms with Gasteiger partial charge in [-0.05, 0) is 19.4 Å². The van der Waals surface area contributed by atoms with Crippen LogP contribution in [0.25, 0.3) is 0 Å². The van der Waals surface area contributed by atoms with Crippen LogP contribution in [0.5, 0.6) is 0 Å². The molecule has 0 spiro atoms. The number of ether oxygens (including phenoxy) is 2. The zero-order valence-corrected chi connectivity index (χ0v) is 14.7. The van der Waals surface area contributed by atoms with Crippen LogP contribution in [0.3, 0.4) is 0 Å². The summed E-state index contributed by atoms with van der Waals surface area (Å²) < 4.78 is 51.1. The maximum atomic E-state index is 13.8. The summed E-state index contributed by atoms with van der Waals surface area (Å²) in [4.78, 5) is 25.6. The van der Waals surface area contributed by atoms with Crippen LogP contribution in [0, 0.1) is 11.8 Å². The number of benzene rings is 1. The number of nitrogens with zero attached hydrogens (tertiary/aromatic N) is 1. The fourth-order valence-corrected chi connectivity index (χ4v) is 3.32. The van der Waals surface area contributed by atoms with Gasteiger partial charge in [0.1, 0.15) is 6.04 Å². The first-order chi connectivity index (χ1) is 12.3. The van der Waals surface area contributed by atoms with Crippen molar-refractivity contribution in [2.24, 2.45) is 11.8 Å². The van der Waals surface area contributed by atoms with Crippen molar-refractivity contribution in [3.8, 4) is 0 Å². The summed E-state index contributed by atoms with van der Waals surface area (Å²) in [6.45, 7) is 2.79. The number of likely N-dealkylation sites (tertiary alicyclic amines) is 1. The summed E-state index contributed by atoms with van der Waals surface area (Å²) in [5, 5.41) is 0. The maximum absolute atomic E-state index is 13.8. The molecule has 1 aromatic rings. The number of carbonyl (C=O) groups excluding carboxylic acids is 2. The minimum atomic E-state index is -4.69. The zero-order valence-electron chi connectivity index (χ0n) is 14.7. The first-order valence-corrected chi connectivity index (χ1v) is 8.47. The van der Waals surface area contributed by atoms with Gasteiger partial charge in [-0.25, -0.2) is 0 Å². The number of carbonyl (C=O) groups is 2. The molecule has 1 fully saturated rings. The minimum Gasteiger partial charge on any atom is -0.466 e. The molecular weight excluding hydrogens is 351 g/mol. The van der Waals surface area contributed by atoms with Crippen molar-refractivity contribution < 1.29 is 32.2 Å². The summed E-state index contributed by atoms with van der Waals surface area (Å²) in [6.07, 6.45) is -4.69. The molecule has 3 atom stereocenters. The molecule has 0 aromatic heterocycles. The van der Waals surface area contributed by atoms with E-state index in [1.807, 2.05) is 0 Å². The molecule has 1 aliphatic heterocycles. The lowest BCUT2D eigenvalue weighted by Gasteiger charge is -2.29. The fourth-order valence-electron chi connectivity index (χ4n) is 3.32. The Hall–Kier alpha value is -2.09. The predicted molar refractivity (Wildman–Crippen MR) is 86.9 cm³/mol. The van der Waals surface area contributed by atoms with Gasteiger partial charge in [0.05, 0.1) is 25.0 Å². The minimum absolute atomic E-state index is 0.0280. The van der Waals surface area contributed by atoms with E-state index in [9.17, 15) is 22.8 Å². The molecule has 5 nitrogen and oxygen atoms in total. The molecular formula is C18H22F3NO4. The molecule has 0 unspecified atom stereocenters. The monoisotopic (exact) mass is 373 g/mol. The Labute approximate surface area is 150 Å². The van der Waals surface area contributed by atoms with Gasteiger partial charge in [-0.15, -0.1) is 0 Å². The zero-order chi connectivity index (χ0) is 19.3. The normalized spacial score (nSPS) is 23.7. The molecule has 0 N–H and O–H groups in total. The number of hydrogen-bond acceptors (Lipinski definition) is 5. The quantitative estimate of drug-likeness (QED) is 0.718. The summed E-state index contributed by atoms with van der Waals surface area (Å²) in [5.41, 5.74) is 0.661. The second-order valence-corrected chi connectivity index (χ2v) is 6.04. The third-order valence-electron chi connectivity index (χ3n) is 4.31. The van der Waals surface area contributed by atoms with Crippen molar-refractivity contribution in [3.05, 3.63) is 35.9 Å². The smallest absolute Gasteiger partial charge is 0.404 e. The first-order valence-electron chi connectivity index (χ1n) is 8.47. The van der Waals surface area contributed by atoms with E-state index in [1.54, 1.807) is 37.3 Å². The molecule has 0 amide bonds. The number of halogens is 3. The largest absolute Gasteiger partial charge is 0.466 e. The fraction of sp³-hybridized carbons (Fsp3) is 0.556. The van der Waals surface area contributed by atoms with E-state index in [1.165, 1.54) is 6.92 Å². The standard InChI is InChI=1S/C18H22F3NO4/c1-3-25-16(23)13-11-22(10-12-8-6-5-7-9-12)15(18(19,20)21)14(13)17(24)26-4-2/h5-9,13-15H,3-4,10-11H2,1-2H3/t13-,14+,15+/m1/s1. The van der Waals surface area contributed by atoms with Crippen molar-refractivity contribution in [2.75, 3.05) is 19.8 Å². The van der Waals surface area contributed by atoms with E-state index in [0.29, 0.717) is 5.56 Å². The molecule has 0 bridgehead atoms. The number of hydrogen-bond donors (Lipinski definition) is 0. The molecule has 0 aliphatic carbocycles. The highest BCUT2D eigenvalue weighted by molar-refractivity contribution is 5.84. The number of rotatable bonds is 6. The summed E-state index contributed by atoms with van der Waals surface area (Å²) in [5.74, 6) is -4.69. The molecule has 0 saturated carbocycles. The van der Waals surface area contributed by atoms with Crippen molar-refractivity contribution in [1.82, 2.24) is 4.90 Å². The third-order valence-corrected chi connectivity index (χ3v) is 4.31. The van der Waals surface area contributed by atoms with Gasteiger partial charge in [-0.2, -0.15) is 13.2 Å². The van der Waals surface area contributed by atoms with Crippen LogP contribution in [0.4, 0.5) is 13.2 Å². The van der Waals surface area contributed by atoms with Gasteiger partial charge in [0.25, 0.3) is 0 Å². The van der Waals surface area contributed by atoms with Crippen LogP contribution in [-0.4, -0.2) is 48.8 Å². The van der Waals surface area contributed by atoms with Gasteiger partial charge in [-0.1, -0.05) is 30.3 Å². The second kappa shape index (κ2) is 8.53. The van der Waals surface area contributed by atoms with E-state index in [4.69, 9.17) is 9.47 Å². The predicted octanol–water partition coefficient (Wildman–Crippen LogP) is 2.79. The Morgan fingerprint density at radius 2 is 1.65 bits per heavy atom. The topological polar surface area (TPSA) is 55.8 Å². The maximum Gasteiger partial charge on any atom is 0.404 e. The van der Waals surface area contributed by atoms with Crippen LogP contribution < -0.4 is 0 Å².